The fourth-order valence-electron chi connectivity index (χ4n) is 2.85. The minimum Gasteiger partial charge on any atom is -0.487 e. The van der Waals surface area contributed by atoms with E-state index in [-0.39, 0.29) is 11.5 Å². The van der Waals surface area contributed by atoms with Crippen molar-refractivity contribution in [2.45, 2.75) is 52.2 Å². The van der Waals surface area contributed by atoms with E-state index in [1.807, 2.05) is 18.2 Å². The first-order valence-electron chi connectivity index (χ1n) is 7.37. The Kier molecular flexibility index (Phi) is 5.22. The third-order valence-electron chi connectivity index (χ3n) is 4.56. The number of benzene rings is 1. The second-order valence-electron chi connectivity index (χ2n) is 5.76. The van der Waals surface area contributed by atoms with Crippen molar-refractivity contribution < 1.29 is 4.74 Å². The predicted octanol–water partition coefficient (Wildman–Crippen LogP) is 4.93. The van der Waals surface area contributed by atoms with Crippen molar-refractivity contribution in [2.75, 3.05) is 6.54 Å². The molecule has 20 heavy (non-hydrogen) atoms. The molecule has 1 fully saturated rings. The van der Waals surface area contributed by atoms with Gasteiger partial charge in [-0.2, -0.15) is 0 Å². The van der Waals surface area contributed by atoms with Gasteiger partial charge in [-0.05, 0) is 31.5 Å². The molecule has 0 radical (unpaired) electrons. The number of para-hydroxylation sites is 1. The normalized spacial score (nSPS) is 29.1. The molecule has 0 amide bonds. The number of hydrogen-bond donors (Lipinski definition) is 1. The average molecular weight is 316 g/mol. The lowest BCUT2D eigenvalue weighted by molar-refractivity contribution is -0.0700. The molecule has 0 aromatic heterocycles. The van der Waals surface area contributed by atoms with E-state index in [9.17, 15) is 0 Å². The Balaban J connectivity index is 2.07. The van der Waals surface area contributed by atoms with Crippen molar-refractivity contribution in [3.63, 3.8) is 0 Å². The zero-order valence-corrected chi connectivity index (χ0v) is 13.9. The molecule has 0 aliphatic heterocycles. The quantitative estimate of drug-likeness (QED) is 0.803. The van der Waals surface area contributed by atoms with Gasteiger partial charge >= 0.3 is 0 Å². The highest BCUT2D eigenvalue weighted by atomic mass is 35.5. The van der Waals surface area contributed by atoms with Gasteiger partial charge in [0.25, 0.3) is 0 Å². The van der Waals surface area contributed by atoms with Gasteiger partial charge in [0, 0.05) is 17.9 Å². The predicted molar refractivity (Wildman–Crippen MR) is 86.0 cm³/mol. The van der Waals surface area contributed by atoms with Crippen LogP contribution in [0.3, 0.4) is 0 Å². The summed E-state index contributed by atoms with van der Waals surface area (Å²) >= 11 is 12.4. The van der Waals surface area contributed by atoms with Gasteiger partial charge in [0.05, 0.1) is 10.0 Å². The van der Waals surface area contributed by atoms with Crippen LogP contribution in [0.2, 0.25) is 10.0 Å². The summed E-state index contributed by atoms with van der Waals surface area (Å²) < 4.78 is 6.12. The number of nitrogens with one attached hydrogen (secondary N) is 1. The SMILES string of the molecule is CCCNC1CC(Oc2c(Cl)cccc2Cl)C1(C)CC. The Labute approximate surface area is 131 Å². The van der Waals surface area contributed by atoms with Crippen LogP contribution in [-0.2, 0) is 0 Å². The summed E-state index contributed by atoms with van der Waals surface area (Å²) in [6, 6.07) is 5.98. The highest BCUT2D eigenvalue weighted by molar-refractivity contribution is 6.37. The maximum Gasteiger partial charge on any atom is 0.156 e. The molecule has 112 valence electrons. The molecule has 2 nitrogen and oxygen atoms in total. The van der Waals surface area contributed by atoms with Crippen LogP contribution in [0.25, 0.3) is 0 Å². The number of rotatable bonds is 6. The minimum atomic E-state index is 0.137. The van der Waals surface area contributed by atoms with E-state index in [4.69, 9.17) is 27.9 Å². The van der Waals surface area contributed by atoms with Gasteiger partial charge in [-0.1, -0.05) is 50.0 Å². The first-order valence-corrected chi connectivity index (χ1v) is 8.12. The molecule has 0 heterocycles. The summed E-state index contributed by atoms with van der Waals surface area (Å²) in [7, 11) is 0. The topological polar surface area (TPSA) is 21.3 Å². The summed E-state index contributed by atoms with van der Waals surface area (Å²) in [5.74, 6) is 0.620. The fourth-order valence-corrected chi connectivity index (χ4v) is 3.33. The van der Waals surface area contributed by atoms with Crippen LogP contribution in [0.4, 0.5) is 0 Å². The van der Waals surface area contributed by atoms with Crippen LogP contribution in [0, 0.1) is 5.41 Å². The highest BCUT2D eigenvalue weighted by Crippen LogP contribution is 2.47. The van der Waals surface area contributed by atoms with Crippen LogP contribution in [0.5, 0.6) is 5.75 Å². The molecular weight excluding hydrogens is 293 g/mol. The Bertz CT molecular complexity index is 446. The van der Waals surface area contributed by atoms with Crippen molar-refractivity contribution >= 4 is 23.2 Å². The Hall–Kier alpha value is -0.440. The number of ether oxygens (including phenoxy) is 1. The van der Waals surface area contributed by atoms with Crippen LogP contribution in [0.15, 0.2) is 18.2 Å². The summed E-state index contributed by atoms with van der Waals surface area (Å²) in [6.45, 7) is 7.73. The van der Waals surface area contributed by atoms with Gasteiger partial charge in [-0.25, -0.2) is 0 Å². The second-order valence-corrected chi connectivity index (χ2v) is 6.57. The van der Waals surface area contributed by atoms with Crippen molar-refractivity contribution in [3.8, 4) is 5.75 Å². The van der Waals surface area contributed by atoms with E-state index >= 15 is 0 Å². The van der Waals surface area contributed by atoms with E-state index < -0.39 is 0 Å². The first-order chi connectivity index (χ1) is 9.52. The minimum absolute atomic E-state index is 0.137. The maximum atomic E-state index is 6.19. The van der Waals surface area contributed by atoms with Gasteiger partial charge in [0.15, 0.2) is 5.75 Å². The standard InChI is InChI=1S/C16H23Cl2NO/c1-4-9-19-13-10-14(16(13,3)5-2)20-15-11(17)7-6-8-12(15)18/h6-8,13-14,19H,4-5,9-10H2,1-3H3. The smallest absolute Gasteiger partial charge is 0.156 e. The molecule has 2 rings (SSSR count). The number of hydrogen-bond acceptors (Lipinski definition) is 2. The molecule has 1 aromatic rings. The summed E-state index contributed by atoms with van der Waals surface area (Å²) in [5.41, 5.74) is 0.137. The molecule has 0 bridgehead atoms. The van der Waals surface area contributed by atoms with Crippen LogP contribution in [0.1, 0.15) is 40.0 Å². The molecule has 0 saturated heterocycles. The number of halogens is 2. The Morgan fingerprint density at radius 3 is 2.50 bits per heavy atom. The lowest BCUT2D eigenvalue weighted by Gasteiger charge is -2.53. The third-order valence-corrected chi connectivity index (χ3v) is 5.16. The molecule has 1 aliphatic rings. The lowest BCUT2D eigenvalue weighted by Crippen LogP contribution is -2.63. The molecule has 3 unspecified atom stereocenters. The third kappa shape index (κ3) is 2.93. The molecule has 1 saturated carbocycles. The average Bonchev–Trinajstić information content (AvgIpc) is 2.43. The van der Waals surface area contributed by atoms with Gasteiger partial charge in [0.2, 0.25) is 0 Å². The molecule has 1 aliphatic carbocycles. The Morgan fingerprint density at radius 2 is 1.95 bits per heavy atom. The molecule has 1 aromatic carbocycles. The zero-order chi connectivity index (χ0) is 14.8. The summed E-state index contributed by atoms with van der Waals surface area (Å²) in [5, 5.41) is 4.78. The Morgan fingerprint density at radius 1 is 1.30 bits per heavy atom. The molecule has 1 N–H and O–H groups in total. The van der Waals surface area contributed by atoms with Crippen molar-refractivity contribution in [3.05, 3.63) is 28.2 Å². The second kappa shape index (κ2) is 6.55. The van der Waals surface area contributed by atoms with E-state index in [1.165, 1.54) is 0 Å². The van der Waals surface area contributed by atoms with E-state index in [0.717, 1.165) is 25.8 Å². The van der Waals surface area contributed by atoms with Crippen LogP contribution >= 0.6 is 23.2 Å². The van der Waals surface area contributed by atoms with Gasteiger partial charge in [-0.15, -0.1) is 0 Å². The fraction of sp³-hybridized carbons (Fsp3) is 0.625. The molecule has 3 atom stereocenters. The van der Waals surface area contributed by atoms with Crippen molar-refractivity contribution in [1.82, 2.24) is 5.32 Å². The lowest BCUT2D eigenvalue weighted by atomic mass is 9.61. The zero-order valence-electron chi connectivity index (χ0n) is 12.4. The van der Waals surface area contributed by atoms with Gasteiger partial charge < -0.3 is 10.1 Å². The van der Waals surface area contributed by atoms with Gasteiger partial charge in [-0.3, -0.25) is 0 Å². The van der Waals surface area contributed by atoms with E-state index in [1.54, 1.807) is 0 Å². The highest BCUT2D eigenvalue weighted by Gasteiger charge is 2.52. The largest absolute Gasteiger partial charge is 0.487 e. The van der Waals surface area contributed by atoms with E-state index in [2.05, 4.69) is 26.1 Å². The maximum absolute atomic E-state index is 6.19. The van der Waals surface area contributed by atoms with Crippen molar-refractivity contribution in [1.29, 1.82) is 0 Å². The van der Waals surface area contributed by atoms with E-state index in [0.29, 0.717) is 21.8 Å². The van der Waals surface area contributed by atoms with Crippen LogP contribution in [-0.4, -0.2) is 18.7 Å². The van der Waals surface area contributed by atoms with Gasteiger partial charge in [0.1, 0.15) is 6.10 Å². The molecule has 4 heteroatoms. The summed E-state index contributed by atoms with van der Waals surface area (Å²) in [4.78, 5) is 0. The van der Waals surface area contributed by atoms with Crippen LogP contribution < -0.4 is 10.1 Å². The summed E-state index contributed by atoms with van der Waals surface area (Å²) in [6.07, 6.45) is 3.39. The first kappa shape index (κ1) is 15.9. The van der Waals surface area contributed by atoms with Crippen molar-refractivity contribution in [2.24, 2.45) is 5.41 Å². The monoisotopic (exact) mass is 315 g/mol. The molecular formula is C16H23Cl2NO. The molecule has 0 spiro atoms.